The molecule has 1 atom stereocenters. The molecule has 0 aliphatic heterocycles. The minimum Gasteiger partial charge on any atom is -0.483 e. The SMILES string of the molecule is CCOC(=O)c1c(NC(=O)CSc2nnc(C(C)Oc3ccc(F)cc3)n2CC)sc2c1CCC2. The van der Waals surface area contributed by atoms with Gasteiger partial charge in [-0.3, -0.25) is 4.79 Å². The molecule has 1 aromatic carbocycles. The van der Waals surface area contributed by atoms with E-state index in [1.165, 1.54) is 35.2 Å². The van der Waals surface area contributed by atoms with Crippen LogP contribution in [-0.4, -0.2) is 39.0 Å². The van der Waals surface area contributed by atoms with Crippen LogP contribution in [0.15, 0.2) is 29.4 Å². The Morgan fingerprint density at radius 2 is 2.00 bits per heavy atom. The number of carbonyl (C=O) groups excluding carboxylic acids is 2. The highest BCUT2D eigenvalue weighted by Gasteiger charge is 2.28. The van der Waals surface area contributed by atoms with Crippen LogP contribution in [0.5, 0.6) is 5.75 Å². The van der Waals surface area contributed by atoms with Crippen molar-refractivity contribution in [2.45, 2.75) is 57.8 Å². The Hall–Kier alpha value is -2.92. The fraction of sp³-hybridized carbons (Fsp3) is 0.417. The normalized spacial score (nSPS) is 13.4. The van der Waals surface area contributed by atoms with Crippen LogP contribution in [0.1, 0.15) is 59.9 Å². The summed E-state index contributed by atoms with van der Waals surface area (Å²) in [6.07, 6.45) is 2.33. The van der Waals surface area contributed by atoms with Crippen LogP contribution >= 0.6 is 23.1 Å². The van der Waals surface area contributed by atoms with Crippen molar-refractivity contribution in [1.29, 1.82) is 0 Å². The molecule has 2 aromatic heterocycles. The number of thioether (sulfide) groups is 1. The Balaban J connectivity index is 1.41. The fourth-order valence-corrected chi connectivity index (χ4v) is 6.08. The lowest BCUT2D eigenvalue weighted by molar-refractivity contribution is -0.113. The zero-order valence-electron chi connectivity index (χ0n) is 19.8. The van der Waals surface area contributed by atoms with Crippen molar-refractivity contribution in [3.8, 4) is 5.75 Å². The number of aryl methyl sites for hydroxylation is 1. The van der Waals surface area contributed by atoms with Gasteiger partial charge in [-0.2, -0.15) is 0 Å². The van der Waals surface area contributed by atoms with Gasteiger partial charge in [0, 0.05) is 11.4 Å². The van der Waals surface area contributed by atoms with Crippen LogP contribution in [0.4, 0.5) is 9.39 Å². The summed E-state index contributed by atoms with van der Waals surface area (Å²) in [5.41, 5.74) is 1.50. The highest BCUT2D eigenvalue weighted by molar-refractivity contribution is 7.99. The summed E-state index contributed by atoms with van der Waals surface area (Å²) in [6, 6.07) is 5.79. The van der Waals surface area contributed by atoms with E-state index in [1.807, 2.05) is 18.4 Å². The fourth-order valence-electron chi connectivity index (χ4n) is 3.98. The molecule has 2 heterocycles. The highest BCUT2D eigenvalue weighted by Crippen LogP contribution is 2.39. The molecule has 186 valence electrons. The van der Waals surface area contributed by atoms with E-state index in [-0.39, 0.29) is 30.1 Å². The van der Waals surface area contributed by atoms with Crippen molar-refractivity contribution >= 4 is 40.0 Å². The minimum absolute atomic E-state index is 0.107. The molecule has 0 radical (unpaired) electrons. The number of thiophene rings is 1. The van der Waals surface area contributed by atoms with Crippen LogP contribution in [0.3, 0.4) is 0 Å². The number of benzene rings is 1. The Morgan fingerprint density at radius 1 is 1.23 bits per heavy atom. The Morgan fingerprint density at radius 3 is 2.71 bits per heavy atom. The van der Waals surface area contributed by atoms with Gasteiger partial charge in [-0.25, -0.2) is 9.18 Å². The van der Waals surface area contributed by atoms with Gasteiger partial charge < -0.3 is 19.4 Å². The second-order valence-electron chi connectivity index (χ2n) is 7.92. The maximum absolute atomic E-state index is 13.2. The van der Waals surface area contributed by atoms with Gasteiger partial charge in [0.25, 0.3) is 0 Å². The summed E-state index contributed by atoms with van der Waals surface area (Å²) < 4.78 is 26.1. The zero-order chi connectivity index (χ0) is 24.9. The molecular formula is C24H27FN4O4S2. The van der Waals surface area contributed by atoms with Crippen LogP contribution in [0.2, 0.25) is 0 Å². The van der Waals surface area contributed by atoms with E-state index in [0.29, 0.717) is 33.8 Å². The molecule has 0 fully saturated rings. The van der Waals surface area contributed by atoms with Crippen LogP contribution < -0.4 is 10.1 Å². The van der Waals surface area contributed by atoms with Crippen molar-refractivity contribution in [1.82, 2.24) is 14.8 Å². The number of aromatic nitrogens is 3. The molecule has 1 unspecified atom stereocenters. The lowest BCUT2D eigenvalue weighted by atomic mass is 10.1. The second-order valence-corrected chi connectivity index (χ2v) is 9.97. The van der Waals surface area contributed by atoms with Gasteiger partial charge >= 0.3 is 5.97 Å². The van der Waals surface area contributed by atoms with Crippen LogP contribution in [-0.2, 0) is 28.9 Å². The number of hydrogen-bond donors (Lipinski definition) is 1. The Bertz CT molecular complexity index is 1210. The lowest BCUT2D eigenvalue weighted by Gasteiger charge is -2.15. The van der Waals surface area contributed by atoms with Gasteiger partial charge in [0.05, 0.1) is 17.9 Å². The number of nitrogens with one attached hydrogen (secondary N) is 1. The monoisotopic (exact) mass is 518 g/mol. The number of halogens is 1. The lowest BCUT2D eigenvalue weighted by Crippen LogP contribution is -2.17. The first-order valence-electron chi connectivity index (χ1n) is 11.5. The predicted octanol–water partition coefficient (Wildman–Crippen LogP) is 5.03. The van der Waals surface area contributed by atoms with Crippen molar-refractivity contribution in [2.75, 3.05) is 17.7 Å². The average molecular weight is 519 g/mol. The number of nitrogens with zero attached hydrogens (tertiary/aromatic N) is 3. The zero-order valence-corrected chi connectivity index (χ0v) is 21.4. The van der Waals surface area contributed by atoms with Gasteiger partial charge in [0.2, 0.25) is 5.91 Å². The van der Waals surface area contributed by atoms with Crippen molar-refractivity contribution < 1.29 is 23.5 Å². The topological polar surface area (TPSA) is 95.3 Å². The largest absolute Gasteiger partial charge is 0.483 e. The predicted molar refractivity (Wildman–Crippen MR) is 133 cm³/mol. The van der Waals surface area contributed by atoms with Crippen molar-refractivity contribution in [3.05, 3.63) is 51.9 Å². The maximum Gasteiger partial charge on any atom is 0.341 e. The molecule has 1 aliphatic carbocycles. The first-order valence-corrected chi connectivity index (χ1v) is 13.3. The second kappa shape index (κ2) is 11.2. The molecule has 4 rings (SSSR count). The van der Waals surface area contributed by atoms with Crippen LogP contribution in [0, 0.1) is 5.82 Å². The number of amides is 1. The smallest absolute Gasteiger partial charge is 0.341 e. The van der Waals surface area contributed by atoms with E-state index in [1.54, 1.807) is 19.1 Å². The van der Waals surface area contributed by atoms with Crippen molar-refractivity contribution in [2.24, 2.45) is 0 Å². The Labute approximate surface area is 211 Å². The van der Waals surface area contributed by atoms with Gasteiger partial charge in [-0.1, -0.05) is 11.8 Å². The molecule has 3 aromatic rings. The van der Waals surface area contributed by atoms with Gasteiger partial charge in [-0.05, 0) is 69.9 Å². The summed E-state index contributed by atoms with van der Waals surface area (Å²) in [5.74, 6) is 0.289. The maximum atomic E-state index is 13.2. The molecular weight excluding hydrogens is 491 g/mol. The molecule has 8 nitrogen and oxygen atoms in total. The van der Waals surface area contributed by atoms with Gasteiger partial charge in [-0.15, -0.1) is 21.5 Å². The standard InChI is InChI=1S/C24H27FN4O4S2/c1-4-29-21(14(3)33-16-11-9-15(25)10-12-16)27-28-24(29)34-13-19(30)26-22-20(23(31)32-5-2)17-7-6-8-18(17)35-22/h9-12,14H,4-8,13H2,1-3H3,(H,26,30). The summed E-state index contributed by atoms with van der Waals surface area (Å²) in [6.45, 7) is 6.44. The van der Waals surface area contributed by atoms with E-state index in [9.17, 15) is 14.0 Å². The third-order valence-electron chi connectivity index (χ3n) is 5.54. The van der Waals surface area contributed by atoms with Crippen molar-refractivity contribution in [3.63, 3.8) is 0 Å². The van der Waals surface area contributed by atoms with Gasteiger partial charge in [0.15, 0.2) is 17.1 Å². The van der Waals surface area contributed by atoms with E-state index in [4.69, 9.17) is 9.47 Å². The summed E-state index contributed by atoms with van der Waals surface area (Å²) in [5, 5.41) is 12.5. The summed E-state index contributed by atoms with van der Waals surface area (Å²) in [4.78, 5) is 26.4. The third-order valence-corrected chi connectivity index (χ3v) is 7.71. The molecule has 1 amide bonds. The van der Waals surface area contributed by atoms with Crippen LogP contribution in [0.25, 0.3) is 0 Å². The average Bonchev–Trinajstić information content (AvgIpc) is 3.53. The number of esters is 1. The Kier molecular flexibility index (Phi) is 8.07. The molecule has 0 saturated heterocycles. The summed E-state index contributed by atoms with van der Waals surface area (Å²) >= 11 is 2.72. The highest BCUT2D eigenvalue weighted by atomic mass is 32.2. The number of ether oxygens (including phenoxy) is 2. The van der Waals surface area contributed by atoms with E-state index < -0.39 is 6.10 Å². The molecule has 0 saturated carbocycles. The third kappa shape index (κ3) is 5.67. The number of rotatable bonds is 10. The summed E-state index contributed by atoms with van der Waals surface area (Å²) in [7, 11) is 0. The molecule has 11 heteroatoms. The minimum atomic E-state index is -0.420. The first-order chi connectivity index (χ1) is 16.9. The van der Waals surface area contributed by atoms with E-state index >= 15 is 0 Å². The first kappa shape index (κ1) is 25.2. The number of carbonyl (C=O) groups is 2. The molecule has 0 bridgehead atoms. The number of anilines is 1. The molecule has 35 heavy (non-hydrogen) atoms. The quantitative estimate of drug-likeness (QED) is 0.297. The molecule has 1 aliphatic rings. The molecule has 0 spiro atoms. The van der Waals surface area contributed by atoms with E-state index in [0.717, 1.165) is 29.7 Å². The number of fused-ring (bicyclic) bond motifs is 1. The number of hydrogen-bond acceptors (Lipinski definition) is 8. The molecule has 1 N–H and O–H groups in total. The van der Waals surface area contributed by atoms with Gasteiger partial charge in [0.1, 0.15) is 16.6 Å². The van der Waals surface area contributed by atoms with E-state index in [2.05, 4.69) is 15.5 Å².